The molecule has 0 radical (unpaired) electrons. The molecule has 0 unspecified atom stereocenters. The molecule has 3 rings (SSSR count). The molecule has 27 heavy (non-hydrogen) atoms. The van der Waals surface area contributed by atoms with Gasteiger partial charge in [0.2, 0.25) is 5.28 Å². The number of ether oxygens (including phenoxy) is 1. The highest BCUT2D eigenvalue weighted by Crippen LogP contribution is 2.40. The van der Waals surface area contributed by atoms with E-state index in [1.165, 1.54) is 6.20 Å². The molecule has 5 nitrogen and oxygen atoms in total. The summed E-state index contributed by atoms with van der Waals surface area (Å²) in [7, 11) is -2.60. The largest absolute Gasteiger partial charge is 0.489 e. The number of nitrogens with one attached hydrogen (secondary N) is 1. The summed E-state index contributed by atoms with van der Waals surface area (Å²) in [4.78, 5) is 7.91. The summed E-state index contributed by atoms with van der Waals surface area (Å²) in [5, 5.41) is 4.12. The fourth-order valence-electron chi connectivity index (χ4n) is 2.45. The normalized spacial score (nSPS) is 11.3. The SMILES string of the molecule is CP(C)(=O)c1cc(OCc2ccccc2)ccc1Nc1nc(Cl)ncc1Cl. The summed E-state index contributed by atoms with van der Waals surface area (Å²) >= 11 is 12.0. The summed E-state index contributed by atoms with van der Waals surface area (Å²) in [6.07, 6.45) is 1.41. The van der Waals surface area contributed by atoms with Crippen molar-refractivity contribution in [3.05, 3.63) is 70.6 Å². The average Bonchev–Trinajstić information content (AvgIpc) is 2.64. The highest BCUT2D eigenvalue weighted by molar-refractivity contribution is 7.70. The maximum atomic E-state index is 12.8. The molecular weight excluding hydrogens is 404 g/mol. The number of anilines is 2. The van der Waals surface area contributed by atoms with E-state index in [0.717, 1.165) is 5.56 Å². The summed E-state index contributed by atoms with van der Waals surface area (Å²) in [6.45, 7) is 3.82. The van der Waals surface area contributed by atoms with Crippen molar-refractivity contribution in [3.63, 3.8) is 0 Å². The average molecular weight is 422 g/mol. The quantitative estimate of drug-likeness (QED) is 0.428. The molecule has 1 heterocycles. The maximum absolute atomic E-state index is 12.8. The van der Waals surface area contributed by atoms with E-state index in [2.05, 4.69) is 15.3 Å². The molecule has 0 fully saturated rings. The Balaban J connectivity index is 1.88. The Morgan fingerprint density at radius 2 is 1.85 bits per heavy atom. The Kier molecular flexibility index (Phi) is 6.05. The molecule has 1 N–H and O–H groups in total. The van der Waals surface area contributed by atoms with Gasteiger partial charge in [-0.1, -0.05) is 41.9 Å². The fraction of sp³-hybridized carbons (Fsp3) is 0.158. The minimum absolute atomic E-state index is 0.0717. The maximum Gasteiger partial charge on any atom is 0.224 e. The Hall–Kier alpha value is -2.07. The van der Waals surface area contributed by atoms with Gasteiger partial charge in [-0.25, -0.2) is 4.98 Å². The lowest BCUT2D eigenvalue weighted by atomic mass is 10.2. The lowest BCUT2D eigenvalue weighted by Gasteiger charge is -2.17. The van der Waals surface area contributed by atoms with Gasteiger partial charge >= 0.3 is 0 Å². The van der Waals surface area contributed by atoms with Crippen LogP contribution in [0.25, 0.3) is 0 Å². The van der Waals surface area contributed by atoms with Crippen molar-refractivity contribution < 1.29 is 9.30 Å². The van der Waals surface area contributed by atoms with Gasteiger partial charge in [0, 0.05) is 5.30 Å². The molecule has 2 aromatic carbocycles. The third-order valence-corrected chi connectivity index (χ3v) is 5.75. The van der Waals surface area contributed by atoms with Gasteiger partial charge in [-0.3, -0.25) is 0 Å². The number of aromatic nitrogens is 2. The lowest BCUT2D eigenvalue weighted by molar-refractivity contribution is 0.306. The smallest absolute Gasteiger partial charge is 0.224 e. The van der Waals surface area contributed by atoms with Crippen molar-refractivity contribution in [1.82, 2.24) is 9.97 Å². The molecule has 8 heteroatoms. The highest BCUT2D eigenvalue weighted by Gasteiger charge is 2.19. The summed E-state index contributed by atoms with van der Waals surface area (Å²) < 4.78 is 18.7. The Labute approximate surface area is 168 Å². The monoisotopic (exact) mass is 421 g/mol. The van der Waals surface area contributed by atoms with Crippen molar-refractivity contribution in [2.75, 3.05) is 18.6 Å². The van der Waals surface area contributed by atoms with Crippen LogP contribution in [0.4, 0.5) is 11.5 Å². The molecule has 0 spiro atoms. The second-order valence-electron chi connectivity index (χ2n) is 6.26. The Morgan fingerprint density at radius 1 is 1.11 bits per heavy atom. The number of rotatable bonds is 6. The van der Waals surface area contributed by atoms with Crippen LogP contribution in [-0.2, 0) is 11.2 Å². The summed E-state index contributed by atoms with van der Waals surface area (Å²) in [5.74, 6) is 0.986. The van der Waals surface area contributed by atoms with E-state index in [1.54, 1.807) is 31.5 Å². The van der Waals surface area contributed by atoms with E-state index in [-0.39, 0.29) is 5.28 Å². The van der Waals surface area contributed by atoms with Crippen LogP contribution in [0.2, 0.25) is 10.3 Å². The Morgan fingerprint density at radius 3 is 2.56 bits per heavy atom. The van der Waals surface area contributed by atoms with Crippen LogP contribution < -0.4 is 15.4 Å². The van der Waals surface area contributed by atoms with Crippen LogP contribution in [-0.4, -0.2) is 23.3 Å². The van der Waals surface area contributed by atoms with Crippen LogP contribution >= 0.6 is 30.3 Å². The van der Waals surface area contributed by atoms with Gasteiger partial charge in [0.25, 0.3) is 0 Å². The standard InChI is InChI=1S/C19H18Cl2N3O2P/c1-27(2,25)17-10-14(26-12-13-6-4-3-5-7-13)8-9-16(17)23-18-15(20)11-22-19(21)24-18/h3-11H,12H2,1-2H3,(H,22,23,24). The number of nitrogens with zero attached hydrogens (tertiary/aromatic N) is 2. The van der Waals surface area contributed by atoms with Gasteiger partial charge in [0.15, 0.2) is 5.82 Å². The zero-order valence-corrected chi connectivity index (χ0v) is 17.2. The van der Waals surface area contributed by atoms with E-state index in [9.17, 15) is 4.57 Å². The second kappa shape index (κ2) is 8.30. The van der Waals surface area contributed by atoms with E-state index >= 15 is 0 Å². The van der Waals surface area contributed by atoms with E-state index in [1.807, 2.05) is 30.3 Å². The van der Waals surface area contributed by atoms with Gasteiger partial charge in [-0.05, 0) is 48.7 Å². The third-order valence-electron chi connectivity index (χ3n) is 3.77. The van der Waals surface area contributed by atoms with E-state index in [0.29, 0.717) is 34.2 Å². The first kappa shape index (κ1) is 19.7. The molecule has 140 valence electrons. The third kappa shape index (κ3) is 5.23. The van der Waals surface area contributed by atoms with Crippen LogP contribution in [0.5, 0.6) is 5.75 Å². The predicted octanol–water partition coefficient (Wildman–Crippen LogP) is 5.35. The number of benzene rings is 2. The van der Waals surface area contributed by atoms with Crippen LogP contribution in [0.1, 0.15) is 5.56 Å². The molecular formula is C19H18Cl2N3O2P. The number of halogens is 2. The summed E-state index contributed by atoms with van der Waals surface area (Å²) in [6, 6.07) is 15.2. The molecule has 3 aromatic rings. The van der Waals surface area contributed by atoms with Gasteiger partial charge in [0.05, 0.1) is 11.9 Å². The molecule has 0 aliphatic carbocycles. The Bertz CT molecular complexity index is 993. The predicted molar refractivity (Wildman–Crippen MR) is 112 cm³/mol. The minimum atomic E-state index is -2.60. The molecule has 0 bridgehead atoms. The van der Waals surface area contributed by atoms with Crippen LogP contribution in [0, 0.1) is 0 Å². The molecule has 0 amide bonds. The highest BCUT2D eigenvalue weighted by atomic mass is 35.5. The first-order chi connectivity index (χ1) is 12.8. The fourth-order valence-corrected chi connectivity index (χ4v) is 3.87. The van der Waals surface area contributed by atoms with Gasteiger partial charge in [0.1, 0.15) is 24.5 Å². The number of hydrogen-bond acceptors (Lipinski definition) is 5. The molecule has 0 saturated carbocycles. The summed E-state index contributed by atoms with van der Waals surface area (Å²) in [5.41, 5.74) is 1.69. The van der Waals surface area contributed by atoms with Crippen molar-refractivity contribution in [1.29, 1.82) is 0 Å². The van der Waals surface area contributed by atoms with Gasteiger partial charge in [-0.2, -0.15) is 4.98 Å². The first-order valence-electron chi connectivity index (χ1n) is 8.14. The molecule has 0 aliphatic heterocycles. The number of hydrogen-bond donors (Lipinski definition) is 1. The van der Waals surface area contributed by atoms with Crippen LogP contribution in [0.3, 0.4) is 0 Å². The van der Waals surface area contributed by atoms with Crippen molar-refractivity contribution >= 4 is 47.2 Å². The minimum Gasteiger partial charge on any atom is -0.489 e. The van der Waals surface area contributed by atoms with Gasteiger partial charge < -0.3 is 14.6 Å². The molecule has 0 aliphatic rings. The van der Waals surface area contributed by atoms with E-state index in [4.69, 9.17) is 27.9 Å². The van der Waals surface area contributed by atoms with Crippen molar-refractivity contribution in [2.45, 2.75) is 6.61 Å². The first-order valence-corrected chi connectivity index (χ1v) is 11.5. The zero-order valence-electron chi connectivity index (χ0n) is 14.8. The second-order valence-corrected chi connectivity index (χ2v) is 10.2. The van der Waals surface area contributed by atoms with Crippen molar-refractivity contribution in [3.8, 4) is 5.75 Å². The van der Waals surface area contributed by atoms with Crippen LogP contribution in [0.15, 0.2) is 54.7 Å². The zero-order chi connectivity index (χ0) is 19.4. The van der Waals surface area contributed by atoms with E-state index < -0.39 is 7.14 Å². The van der Waals surface area contributed by atoms with Crippen molar-refractivity contribution in [2.24, 2.45) is 0 Å². The molecule has 0 saturated heterocycles. The topological polar surface area (TPSA) is 64.1 Å². The van der Waals surface area contributed by atoms with Gasteiger partial charge in [-0.15, -0.1) is 0 Å². The molecule has 1 aromatic heterocycles. The lowest BCUT2D eigenvalue weighted by Crippen LogP contribution is -2.11. The molecule has 0 atom stereocenters.